The lowest BCUT2D eigenvalue weighted by molar-refractivity contribution is 0.0343. The number of hydrogen-bond acceptors (Lipinski definition) is 7. The molecule has 0 bridgehead atoms. The Balaban J connectivity index is 1.39. The molecule has 0 saturated carbocycles. The Hall–Kier alpha value is -4.60. The van der Waals surface area contributed by atoms with Crippen molar-refractivity contribution in [3.05, 3.63) is 108 Å². The number of ether oxygens (including phenoxy) is 1. The van der Waals surface area contributed by atoms with Gasteiger partial charge in [-0.2, -0.15) is 0 Å². The van der Waals surface area contributed by atoms with Gasteiger partial charge in [0.1, 0.15) is 11.8 Å². The first-order chi connectivity index (χ1) is 20.8. The van der Waals surface area contributed by atoms with Crippen LogP contribution in [0.15, 0.2) is 91.4 Å². The Labute approximate surface area is 252 Å². The quantitative estimate of drug-likeness (QED) is 0.295. The second-order valence-corrected chi connectivity index (χ2v) is 11.1. The van der Waals surface area contributed by atoms with Gasteiger partial charge < -0.3 is 20.1 Å². The molecule has 0 saturated heterocycles. The molecule has 2 N–H and O–H groups in total. The zero-order valence-electron chi connectivity index (χ0n) is 24.7. The highest BCUT2D eigenvalue weighted by atomic mass is 16.5. The van der Waals surface area contributed by atoms with Crippen molar-refractivity contribution >= 4 is 17.5 Å². The summed E-state index contributed by atoms with van der Waals surface area (Å²) < 4.78 is 6.63. The van der Waals surface area contributed by atoms with Crippen molar-refractivity contribution in [3.63, 3.8) is 0 Å². The van der Waals surface area contributed by atoms with Crippen molar-refractivity contribution in [2.45, 2.75) is 32.5 Å². The molecular weight excluding hydrogens is 542 g/mol. The van der Waals surface area contributed by atoms with Crippen LogP contribution >= 0.6 is 0 Å². The third-order valence-electron chi connectivity index (χ3n) is 7.74. The number of fused-ring (bicyclic) bond motifs is 1. The topological polar surface area (TPSA) is 108 Å². The summed E-state index contributed by atoms with van der Waals surface area (Å²) >= 11 is 0. The Kier molecular flexibility index (Phi) is 9.44. The Morgan fingerprint density at radius 2 is 1.81 bits per heavy atom. The van der Waals surface area contributed by atoms with E-state index in [1.807, 2.05) is 39.1 Å². The lowest BCUT2D eigenvalue weighted by Gasteiger charge is -2.38. The number of likely N-dealkylation sites (N-methyl/N-ethyl adjacent to an activating group) is 1. The van der Waals surface area contributed by atoms with Crippen molar-refractivity contribution < 1.29 is 19.4 Å². The van der Waals surface area contributed by atoms with Crippen LogP contribution in [0.25, 0.3) is 11.1 Å². The minimum absolute atomic E-state index is 0.0715. The van der Waals surface area contributed by atoms with E-state index in [1.165, 1.54) is 35.3 Å². The largest absolute Gasteiger partial charge is 0.486 e. The Morgan fingerprint density at radius 1 is 1.07 bits per heavy atom. The molecule has 2 amide bonds. The molecule has 43 heavy (non-hydrogen) atoms. The molecule has 1 aliphatic heterocycles. The first-order valence-electron chi connectivity index (χ1n) is 14.5. The van der Waals surface area contributed by atoms with Gasteiger partial charge >= 0.3 is 0 Å². The number of carbonyl (C=O) groups is 2. The van der Waals surface area contributed by atoms with Crippen molar-refractivity contribution in [2.75, 3.05) is 32.1 Å². The van der Waals surface area contributed by atoms with Gasteiger partial charge in [0.15, 0.2) is 5.75 Å². The highest BCUT2D eigenvalue weighted by molar-refractivity contribution is 6.06. The fourth-order valence-corrected chi connectivity index (χ4v) is 5.28. The van der Waals surface area contributed by atoms with Crippen LogP contribution in [0, 0.1) is 5.92 Å². The smallest absolute Gasteiger partial charge is 0.275 e. The monoisotopic (exact) mass is 579 g/mol. The summed E-state index contributed by atoms with van der Waals surface area (Å²) in [6.07, 6.45) is 4.00. The van der Waals surface area contributed by atoms with Crippen molar-refractivity contribution in [3.8, 4) is 16.9 Å². The number of aromatic nitrogens is 2. The van der Waals surface area contributed by atoms with E-state index < -0.39 is 5.91 Å². The third kappa shape index (κ3) is 7.07. The van der Waals surface area contributed by atoms with E-state index in [-0.39, 0.29) is 36.3 Å². The summed E-state index contributed by atoms with van der Waals surface area (Å²) in [5, 5.41) is 12.8. The predicted octanol–water partition coefficient (Wildman–Crippen LogP) is 4.75. The maximum absolute atomic E-state index is 13.7. The molecule has 0 fully saturated rings. The van der Waals surface area contributed by atoms with Crippen LogP contribution in [0.1, 0.15) is 40.3 Å². The average Bonchev–Trinajstić information content (AvgIpc) is 3.03. The molecule has 222 valence electrons. The van der Waals surface area contributed by atoms with Gasteiger partial charge in [0, 0.05) is 37.9 Å². The van der Waals surface area contributed by atoms with Crippen LogP contribution < -0.4 is 10.1 Å². The lowest BCUT2D eigenvalue weighted by Crippen LogP contribution is -2.49. The number of nitrogens with one attached hydrogen (secondary N) is 1. The molecule has 4 aromatic rings. The molecule has 0 radical (unpaired) electrons. The molecule has 0 aliphatic carbocycles. The number of carbonyl (C=O) groups excluding carboxylic acids is 2. The summed E-state index contributed by atoms with van der Waals surface area (Å²) in [7, 11) is 2.04. The maximum Gasteiger partial charge on any atom is 0.275 e. The van der Waals surface area contributed by atoms with Gasteiger partial charge in [-0.3, -0.25) is 19.5 Å². The molecule has 0 spiro atoms. The fraction of sp³-hybridized carbons (Fsp3) is 0.294. The molecule has 1 aromatic heterocycles. The SMILES string of the molecule is C[C@@H]1CN([C@@H](C)CO)C(=O)c2cccc(NC(=O)c3cnccn3)c2O[C@H]1CN(C)Cc1ccc(-c2ccccc2)cc1. The molecule has 3 atom stereocenters. The van der Waals surface area contributed by atoms with Crippen molar-refractivity contribution in [1.82, 2.24) is 19.8 Å². The third-order valence-corrected chi connectivity index (χ3v) is 7.74. The standard InChI is InChI=1S/C34H37N5O4/c1-23-19-39(24(2)22-40)34(42)28-10-7-11-29(37-33(41)30-18-35-16-17-36-30)32(28)43-31(23)21-38(3)20-25-12-14-27(15-13-25)26-8-5-4-6-9-26/h4-18,23-24,31,40H,19-22H2,1-3H3,(H,37,41)/t23-,24+,31+/m1/s1. The van der Waals surface area contributed by atoms with E-state index in [0.717, 1.165) is 0 Å². The number of nitrogens with zero attached hydrogens (tertiary/aromatic N) is 4. The van der Waals surface area contributed by atoms with Gasteiger partial charge in [-0.15, -0.1) is 0 Å². The first-order valence-corrected chi connectivity index (χ1v) is 14.5. The zero-order valence-corrected chi connectivity index (χ0v) is 24.7. The highest BCUT2D eigenvalue weighted by Crippen LogP contribution is 2.35. The summed E-state index contributed by atoms with van der Waals surface area (Å²) in [5.74, 6) is -0.486. The fourth-order valence-electron chi connectivity index (χ4n) is 5.28. The Bertz CT molecular complexity index is 1530. The van der Waals surface area contributed by atoms with Crippen LogP contribution in [-0.4, -0.2) is 75.6 Å². The second-order valence-electron chi connectivity index (χ2n) is 11.1. The average molecular weight is 580 g/mol. The lowest BCUT2D eigenvalue weighted by atomic mass is 9.98. The predicted molar refractivity (Wildman–Crippen MR) is 166 cm³/mol. The van der Waals surface area contributed by atoms with E-state index in [4.69, 9.17) is 4.74 Å². The number of para-hydroxylation sites is 1. The van der Waals surface area contributed by atoms with Crippen LogP contribution in [0.3, 0.4) is 0 Å². The highest BCUT2D eigenvalue weighted by Gasteiger charge is 2.34. The Morgan fingerprint density at radius 3 is 2.51 bits per heavy atom. The van der Waals surface area contributed by atoms with Gasteiger partial charge in [0.2, 0.25) is 0 Å². The number of rotatable bonds is 9. The minimum Gasteiger partial charge on any atom is -0.486 e. The molecule has 1 aliphatic rings. The van der Waals surface area contributed by atoms with Gasteiger partial charge in [-0.05, 0) is 42.8 Å². The summed E-state index contributed by atoms with van der Waals surface area (Å²) in [6, 6.07) is 23.5. The van der Waals surface area contributed by atoms with Gasteiger partial charge in [-0.25, -0.2) is 4.98 Å². The normalized spacial score (nSPS) is 17.4. The molecule has 9 heteroatoms. The number of aliphatic hydroxyl groups is 1. The van der Waals surface area contributed by atoms with E-state index >= 15 is 0 Å². The first kappa shape index (κ1) is 29.9. The summed E-state index contributed by atoms with van der Waals surface area (Å²) in [5.41, 5.74) is 4.36. The van der Waals surface area contributed by atoms with Gasteiger partial charge in [0.05, 0.1) is 30.1 Å². The molecule has 3 aromatic carbocycles. The maximum atomic E-state index is 13.7. The molecule has 9 nitrogen and oxygen atoms in total. The molecular formula is C34H37N5O4. The van der Waals surface area contributed by atoms with Crippen molar-refractivity contribution in [1.29, 1.82) is 0 Å². The number of anilines is 1. The van der Waals surface area contributed by atoms with E-state index in [1.54, 1.807) is 23.1 Å². The summed E-state index contributed by atoms with van der Waals surface area (Å²) in [4.78, 5) is 38.7. The van der Waals surface area contributed by atoms with Crippen LogP contribution in [-0.2, 0) is 6.54 Å². The molecule has 5 rings (SSSR count). The van der Waals surface area contributed by atoms with E-state index in [2.05, 4.69) is 56.6 Å². The molecule has 0 unspecified atom stereocenters. The van der Waals surface area contributed by atoms with Crippen LogP contribution in [0.2, 0.25) is 0 Å². The van der Waals surface area contributed by atoms with Crippen molar-refractivity contribution in [2.24, 2.45) is 5.92 Å². The second kappa shape index (κ2) is 13.6. The number of benzene rings is 3. The number of amides is 2. The van der Waals surface area contributed by atoms with Crippen LogP contribution in [0.5, 0.6) is 5.75 Å². The van der Waals surface area contributed by atoms with E-state index in [0.29, 0.717) is 36.6 Å². The minimum atomic E-state index is -0.458. The molecule has 2 heterocycles. The van der Waals surface area contributed by atoms with Gasteiger partial charge in [-0.1, -0.05) is 67.6 Å². The number of aliphatic hydroxyl groups excluding tert-OH is 1. The van der Waals surface area contributed by atoms with Crippen LogP contribution in [0.4, 0.5) is 5.69 Å². The number of hydrogen-bond donors (Lipinski definition) is 2. The zero-order chi connectivity index (χ0) is 30.3. The van der Waals surface area contributed by atoms with E-state index in [9.17, 15) is 14.7 Å². The van der Waals surface area contributed by atoms with Gasteiger partial charge in [0.25, 0.3) is 11.8 Å². The summed E-state index contributed by atoms with van der Waals surface area (Å²) in [6.45, 7) is 5.40.